The number of aryl methyl sites for hydroxylation is 1. The number of hydrogen-bond donors (Lipinski definition) is 1. The Balaban J connectivity index is 1.28. The molecule has 4 rings (SSSR count). The first-order valence-electron chi connectivity index (χ1n) is 10.9. The molecule has 10 nitrogen and oxygen atoms in total. The van der Waals surface area contributed by atoms with Crippen molar-refractivity contribution in [2.24, 2.45) is 0 Å². The number of urea groups is 1. The van der Waals surface area contributed by atoms with E-state index >= 15 is 0 Å². The average molecular weight is 452 g/mol. The van der Waals surface area contributed by atoms with Crippen LogP contribution in [0.5, 0.6) is 11.5 Å². The number of tetrazole rings is 1. The van der Waals surface area contributed by atoms with Crippen LogP contribution < -0.4 is 14.8 Å². The molecule has 0 saturated carbocycles. The summed E-state index contributed by atoms with van der Waals surface area (Å²) in [7, 11) is 3.20. The molecule has 0 spiro atoms. The van der Waals surface area contributed by atoms with E-state index in [0.717, 1.165) is 30.2 Å². The molecule has 0 radical (unpaired) electrons. The zero-order valence-corrected chi connectivity index (χ0v) is 19.2. The fraction of sp³-hybridized carbons (Fsp3) is 0.391. The van der Waals surface area contributed by atoms with E-state index in [-0.39, 0.29) is 6.03 Å². The van der Waals surface area contributed by atoms with Gasteiger partial charge in [0.05, 0.1) is 26.5 Å². The number of nitrogens with zero attached hydrogens (tertiary/aromatic N) is 6. The van der Waals surface area contributed by atoms with Crippen molar-refractivity contribution < 1.29 is 14.3 Å². The van der Waals surface area contributed by atoms with Crippen LogP contribution in [-0.2, 0) is 13.1 Å². The second-order valence-electron chi connectivity index (χ2n) is 7.95. The summed E-state index contributed by atoms with van der Waals surface area (Å²) in [6, 6.07) is 13.6. The smallest absolute Gasteiger partial charge is 0.317 e. The quantitative estimate of drug-likeness (QED) is 0.587. The zero-order chi connectivity index (χ0) is 23.2. The maximum absolute atomic E-state index is 12.6. The molecule has 33 heavy (non-hydrogen) atoms. The lowest BCUT2D eigenvalue weighted by Gasteiger charge is -2.34. The van der Waals surface area contributed by atoms with Crippen molar-refractivity contribution >= 4 is 6.03 Å². The minimum atomic E-state index is -0.0751. The van der Waals surface area contributed by atoms with Crippen molar-refractivity contribution in [3.05, 3.63) is 59.4 Å². The van der Waals surface area contributed by atoms with E-state index in [1.165, 1.54) is 5.56 Å². The molecule has 3 aromatic rings. The number of hydrogen-bond acceptors (Lipinski definition) is 7. The van der Waals surface area contributed by atoms with Crippen LogP contribution in [0.1, 0.15) is 17.0 Å². The van der Waals surface area contributed by atoms with Crippen LogP contribution in [0.15, 0.2) is 42.5 Å². The summed E-state index contributed by atoms with van der Waals surface area (Å²) in [4.78, 5) is 16.7. The molecule has 10 heteroatoms. The highest BCUT2D eigenvalue weighted by Crippen LogP contribution is 2.27. The number of benzene rings is 2. The van der Waals surface area contributed by atoms with Gasteiger partial charge < -0.3 is 19.7 Å². The number of methoxy groups -OCH3 is 2. The van der Waals surface area contributed by atoms with E-state index in [1.807, 2.05) is 54.3 Å². The van der Waals surface area contributed by atoms with Crippen LogP contribution in [0.25, 0.3) is 5.69 Å². The van der Waals surface area contributed by atoms with Crippen LogP contribution in [0.4, 0.5) is 4.79 Å². The van der Waals surface area contributed by atoms with Gasteiger partial charge in [0, 0.05) is 32.7 Å². The third-order valence-electron chi connectivity index (χ3n) is 5.73. The highest BCUT2D eigenvalue weighted by atomic mass is 16.5. The number of carbonyl (C=O) groups is 1. The van der Waals surface area contributed by atoms with Crippen molar-refractivity contribution in [2.75, 3.05) is 40.4 Å². The van der Waals surface area contributed by atoms with Gasteiger partial charge in [-0.05, 0) is 47.2 Å². The van der Waals surface area contributed by atoms with Gasteiger partial charge in [-0.3, -0.25) is 4.90 Å². The second kappa shape index (κ2) is 10.3. The standard InChI is InChI=1S/C23H29N7O3/c1-17-4-7-19(8-5-17)30-22(25-26-27-30)16-28-10-12-29(13-11-28)23(31)24-15-18-6-9-20(32-2)21(14-18)33-3/h4-9,14H,10-13,15-16H2,1-3H3,(H,24,31). The molecule has 1 fully saturated rings. The molecule has 0 unspecified atom stereocenters. The third-order valence-corrected chi connectivity index (χ3v) is 5.73. The Morgan fingerprint density at radius 2 is 1.73 bits per heavy atom. The monoisotopic (exact) mass is 451 g/mol. The minimum absolute atomic E-state index is 0.0751. The molecule has 1 aromatic heterocycles. The van der Waals surface area contributed by atoms with E-state index < -0.39 is 0 Å². The summed E-state index contributed by atoms with van der Waals surface area (Å²) in [6.45, 7) is 5.89. The number of piperazine rings is 1. The topological polar surface area (TPSA) is 97.6 Å². The third kappa shape index (κ3) is 5.40. The molecule has 1 N–H and O–H groups in total. The Morgan fingerprint density at radius 3 is 2.42 bits per heavy atom. The Kier molecular flexibility index (Phi) is 7.04. The maximum atomic E-state index is 12.6. The molecule has 1 saturated heterocycles. The average Bonchev–Trinajstić information content (AvgIpc) is 3.31. The summed E-state index contributed by atoms with van der Waals surface area (Å²) in [5.74, 6) is 2.09. The molecule has 0 bridgehead atoms. The largest absolute Gasteiger partial charge is 0.493 e. The number of rotatable bonds is 7. The van der Waals surface area contributed by atoms with E-state index in [0.29, 0.717) is 37.7 Å². The Morgan fingerprint density at radius 1 is 1.00 bits per heavy atom. The van der Waals surface area contributed by atoms with Crippen molar-refractivity contribution in [3.63, 3.8) is 0 Å². The van der Waals surface area contributed by atoms with Gasteiger partial charge in [-0.25, -0.2) is 4.79 Å². The van der Waals surface area contributed by atoms with E-state index in [2.05, 4.69) is 25.7 Å². The molecule has 174 valence electrons. The summed E-state index contributed by atoms with van der Waals surface area (Å²) in [5, 5.41) is 15.2. The number of ether oxygens (including phenoxy) is 2. The second-order valence-corrected chi connectivity index (χ2v) is 7.95. The SMILES string of the molecule is COc1ccc(CNC(=O)N2CCN(Cc3nnnn3-c3ccc(C)cc3)CC2)cc1OC. The summed E-state index contributed by atoms with van der Waals surface area (Å²) in [5.41, 5.74) is 3.07. The molecular formula is C23H29N7O3. The first-order chi connectivity index (χ1) is 16.1. The van der Waals surface area contributed by atoms with Gasteiger partial charge in [0.1, 0.15) is 0 Å². The van der Waals surface area contributed by atoms with Gasteiger partial charge in [0.15, 0.2) is 17.3 Å². The van der Waals surface area contributed by atoms with Crippen LogP contribution in [-0.4, -0.2) is 76.4 Å². The van der Waals surface area contributed by atoms with Crippen LogP contribution in [0.3, 0.4) is 0 Å². The summed E-state index contributed by atoms with van der Waals surface area (Å²) >= 11 is 0. The van der Waals surface area contributed by atoms with Crippen LogP contribution in [0.2, 0.25) is 0 Å². The molecule has 0 atom stereocenters. The summed E-state index contributed by atoms with van der Waals surface area (Å²) < 4.78 is 12.4. The van der Waals surface area contributed by atoms with Crippen molar-refractivity contribution in [2.45, 2.75) is 20.0 Å². The first kappa shape index (κ1) is 22.5. The molecular weight excluding hydrogens is 422 g/mol. The number of amides is 2. The van der Waals surface area contributed by atoms with Gasteiger partial charge in [-0.15, -0.1) is 5.10 Å². The highest BCUT2D eigenvalue weighted by molar-refractivity contribution is 5.74. The van der Waals surface area contributed by atoms with E-state index in [1.54, 1.807) is 18.9 Å². The summed E-state index contributed by atoms with van der Waals surface area (Å²) in [6.07, 6.45) is 0. The fourth-order valence-electron chi connectivity index (χ4n) is 3.78. The minimum Gasteiger partial charge on any atom is -0.493 e. The molecule has 1 aliphatic rings. The normalized spacial score (nSPS) is 14.2. The fourth-order valence-corrected chi connectivity index (χ4v) is 3.78. The lowest BCUT2D eigenvalue weighted by atomic mass is 10.2. The van der Waals surface area contributed by atoms with Gasteiger partial charge >= 0.3 is 6.03 Å². The maximum Gasteiger partial charge on any atom is 0.317 e. The van der Waals surface area contributed by atoms with Crippen LogP contribution in [0, 0.1) is 6.92 Å². The lowest BCUT2D eigenvalue weighted by Crippen LogP contribution is -2.51. The van der Waals surface area contributed by atoms with Crippen molar-refractivity contribution in [1.82, 2.24) is 35.3 Å². The highest BCUT2D eigenvalue weighted by Gasteiger charge is 2.23. The molecule has 0 aliphatic carbocycles. The number of aromatic nitrogens is 4. The first-order valence-corrected chi connectivity index (χ1v) is 10.9. The van der Waals surface area contributed by atoms with Crippen molar-refractivity contribution in [3.8, 4) is 17.2 Å². The predicted molar refractivity (Wildman–Crippen MR) is 123 cm³/mol. The van der Waals surface area contributed by atoms with E-state index in [9.17, 15) is 4.79 Å². The Labute approximate surface area is 193 Å². The van der Waals surface area contributed by atoms with Gasteiger partial charge in [0.2, 0.25) is 0 Å². The zero-order valence-electron chi connectivity index (χ0n) is 19.2. The predicted octanol–water partition coefficient (Wildman–Crippen LogP) is 2.02. The Hall–Kier alpha value is -3.66. The number of nitrogens with one attached hydrogen (secondary N) is 1. The van der Waals surface area contributed by atoms with Gasteiger partial charge in [-0.2, -0.15) is 4.68 Å². The van der Waals surface area contributed by atoms with Gasteiger partial charge in [0.25, 0.3) is 0 Å². The molecule has 2 heterocycles. The molecule has 2 amide bonds. The van der Waals surface area contributed by atoms with E-state index in [4.69, 9.17) is 9.47 Å². The number of carbonyl (C=O) groups excluding carboxylic acids is 1. The van der Waals surface area contributed by atoms with Crippen molar-refractivity contribution in [1.29, 1.82) is 0 Å². The molecule has 2 aromatic carbocycles. The lowest BCUT2D eigenvalue weighted by molar-refractivity contribution is 0.132. The molecule has 1 aliphatic heterocycles. The van der Waals surface area contributed by atoms with Gasteiger partial charge in [-0.1, -0.05) is 23.8 Å². The van der Waals surface area contributed by atoms with Crippen LogP contribution >= 0.6 is 0 Å². The Bertz CT molecular complexity index is 1080.